The highest BCUT2D eigenvalue weighted by Crippen LogP contribution is 2.19. The number of H-pyrrole nitrogens is 2. The van der Waals surface area contributed by atoms with Gasteiger partial charge in [0.1, 0.15) is 0 Å². The van der Waals surface area contributed by atoms with Gasteiger partial charge in [0.05, 0.1) is 11.4 Å². The summed E-state index contributed by atoms with van der Waals surface area (Å²) in [5.41, 5.74) is 11.3. The number of hydrogen-bond acceptors (Lipinski definition) is 3. The van der Waals surface area contributed by atoms with E-state index in [0.29, 0.717) is 0 Å². The van der Waals surface area contributed by atoms with Crippen molar-refractivity contribution in [1.82, 2.24) is 20.8 Å². The van der Waals surface area contributed by atoms with E-state index < -0.39 is 0 Å². The molecule has 146 valence electrons. The monoisotopic (exact) mass is 405 g/mol. The van der Waals surface area contributed by atoms with Gasteiger partial charge in [0.15, 0.2) is 0 Å². The van der Waals surface area contributed by atoms with E-state index >= 15 is 0 Å². The van der Waals surface area contributed by atoms with Crippen molar-refractivity contribution in [2.45, 2.75) is 13.8 Å². The molecule has 0 aliphatic rings. The normalized spacial score (nSPS) is 12.4. The first-order valence-corrected chi connectivity index (χ1v) is 9.43. The van der Waals surface area contributed by atoms with Gasteiger partial charge in [-0.3, -0.25) is 0 Å². The summed E-state index contributed by atoms with van der Waals surface area (Å²) in [5, 5.41) is 10.9. The van der Waals surface area contributed by atoms with Crippen molar-refractivity contribution in [3.8, 4) is 0 Å². The van der Waals surface area contributed by atoms with Crippen LogP contribution >= 0.6 is 11.8 Å². The molecule has 2 heterocycles. The van der Waals surface area contributed by atoms with Crippen LogP contribution in [0, 0.1) is 0 Å². The van der Waals surface area contributed by atoms with Gasteiger partial charge in [0, 0.05) is 57.1 Å². The Kier molecular flexibility index (Phi) is 5.31. The van der Waals surface area contributed by atoms with E-state index in [2.05, 4.69) is 35.5 Å². The number of fused-ring (bicyclic) bond motifs is 2. The second-order valence-electron chi connectivity index (χ2n) is 6.55. The summed E-state index contributed by atoms with van der Waals surface area (Å²) >= 11 is 5.69. The second-order valence-corrected chi connectivity index (χ2v) is 6.72. The number of para-hydroxylation sites is 2. The molecule has 0 amide bonds. The lowest BCUT2D eigenvalue weighted by molar-refractivity contribution is 0.902. The molecule has 29 heavy (non-hydrogen) atoms. The highest BCUT2D eigenvalue weighted by Gasteiger charge is 2.08. The first-order valence-electron chi connectivity index (χ1n) is 9.10. The summed E-state index contributed by atoms with van der Waals surface area (Å²) in [6.07, 6.45) is 3.85. The molecule has 0 saturated heterocycles. The summed E-state index contributed by atoms with van der Waals surface area (Å²) < 4.78 is 3.66. The van der Waals surface area contributed by atoms with Crippen molar-refractivity contribution in [1.29, 1.82) is 0 Å². The molecule has 0 aliphatic carbocycles. The SMILES string of the molecule is C/C(=N\NC(=NCl)N/N=C(\C)c1c[nH]c2ccccc12)c1c[nH]c2ccccc12. The number of benzene rings is 2. The number of nitrogens with one attached hydrogen (secondary N) is 4. The predicted octanol–water partition coefficient (Wildman–Crippen LogP) is 4.49. The number of rotatable bonds is 4. The third kappa shape index (κ3) is 3.86. The molecule has 2 aromatic carbocycles. The molecule has 8 heteroatoms. The highest BCUT2D eigenvalue weighted by molar-refractivity contribution is 6.19. The Morgan fingerprint density at radius 3 is 1.66 bits per heavy atom. The molecule has 4 N–H and O–H groups in total. The summed E-state index contributed by atoms with van der Waals surface area (Å²) in [6.45, 7) is 3.82. The largest absolute Gasteiger partial charge is 0.360 e. The van der Waals surface area contributed by atoms with Gasteiger partial charge in [0.25, 0.3) is 0 Å². The van der Waals surface area contributed by atoms with Gasteiger partial charge < -0.3 is 9.97 Å². The lowest BCUT2D eigenvalue weighted by atomic mass is 10.1. The van der Waals surface area contributed by atoms with Gasteiger partial charge in [-0.2, -0.15) is 10.2 Å². The van der Waals surface area contributed by atoms with Gasteiger partial charge in [-0.25, -0.2) is 10.9 Å². The van der Waals surface area contributed by atoms with Crippen molar-refractivity contribution in [3.63, 3.8) is 0 Å². The van der Waals surface area contributed by atoms with Crippen LogP contribution in [0.1, 0.15) is 25.0 Å². The number of halogens is 1. The maximum Gasteiger partial charge on any atom is 0.250 e. The molecular formula is C21H20ClN7. The molecule has 0 unspecified atom stereocenters. The first-order chi connectivity index (χ1) is 14.2. The molecule has 0 saturated carbocycles. The molecule has 0 radical (unpaired) electrons. The van der Waals surface area contributed by atoms with Crippen LogP contribution in [-0.2, 0) is 0 Å². The fourth-order valence-corrected chi connectivity index (χ4v) is 3.27. The number of aromatic amines is 2. The molecule has 0 aliphatic heterocycles. The molecule has 0 atom stereocenters. The van der Waals surface area contributed by atoms with Gasteiger partial charge >= 0.3 is 0 Å². The van der Waals surface area contributed by atoms with E-state index in [-0.39, 0.29) is 5.96 Å². The fraction of sp³-hybridized carbons (Fsp3) is 0.0952. The summed E-state index contributed by atoms with van der Waals surface area (Å²) in [4.78, 5) is 6.47. The van der Waals surface area contributed by atoms with E-state index in [1.165, 1.54) is 0 Å². The van der Waals surface area contributed by atoms with E-state index in [1.54, 1.807) is 0 Å². The van der Waals surface area contributed by atoms with Crippen LogP contribution in [-0.4, -0.2) is 27.4 Å². The second kappa shape index (κ2) is 8.20. The van der Waals surface area contributed by atoms with Crippen LogP contribution < -0.4 is 10.9 Å². The predicted molar refractivity (Wildman–Crippen MR) is 121 cm³/mol. The zero-order valence-electron chi connectivity index (χ0n) is 16.0. The Morgan fingerprint density at radius 1 is 0.759 bits per heavy atom. The van der Waals surface area contributed by atoms with Crippen molar-refractivity contribution >= 4 is 51.0 Å². The highest BCUT2D eigenvalue weighted by atomic mass is 35.5. The summed E-state index contributed by atoms with van der Waals surface area (Å²) in [7, 11) is 0. The average Bonchev–Trinajstić information content (AvgIpc) is 3.38. The topological polar surface area (TPSA) is 92.7 Å². The van der Waals surface area contributed by atoms with Crippen LogP contribution in [0.4, 0.5) is 0 Å². The maximum atomic E-state index is 5.69. The number of guanidine groups is 1. The Balaban J connectivity index is 1.48. The Morgan fingerprint density at radius 2 is 1.21 bits per heavy atom. The van der Waals surface area contributed by atoms with Gasteiger partial charge in [-0.1, -0.05) is 36.4 Å². The molecule has 4 rings (SSSR count). The Labute approximate surface area is 172 Å². The third-order valence-corrected chi connectivity index (χ3v) is 4.87. The minimum absolute atomic E-state index is 0.227. The van der Waals surface area contributed by atoms with Gasteiger partial charge in [-0.15, -0.1) is 4.51 Å². The number of hydrogen-bond donors (Lipinski definition) is 4. The summed E-state index contributed by atoms with van der Waals surface area (Å²) in [6, 6.07) is 16.1. The van der Waals surface area contributed by atoms with E-state index in [0.717, 1.165) is 44.4 Å². The molecule has 2 aromatic heterocycles. The summed E-state index contributed by atoms with van der Waals surface area (Å²) in [5.74, 6) is 0.227. The van der Waals surface area contributed by atoms with Crippen LogP contribution in [0.2, 0.25) is 0 Å². The van der Waals surface area contributed by atoms with E-state index in [4.69, 9.17) is 11.8 Å². The van der Waals surface area contributed by atoms with E-state index in [1.807, 2.05) is 74.8 Å². The van der Waals surface area contributed by atoms with Crippen molar-refractivity contribution in [3.05, 3.63) is 72.1 Å². The molecule has 0 bridgehead atoms. The zero-order valence-corrected chi connectivity index (χ0v) is 16.7. The van der Waals surface area contributed by atoms with Gasteiger partial charge in [0.2, 0.25) is 5.96 Å². The van der Waals surface area contributed by atoms with Crippen LogP contribution in [0.3, 0.4) is 0 Å². The average molecular weight is 406 g/mol. The maximum absolute atomic E-state index is 5.69. The van der Waals surface area contributed by atoms with Crippen molar-refractivity contribution < 1.29 is 0 Å². The third-order valence-electron chi connectivity index (χ3n) is 4.70. The Hall–Kier alpha value is -3.58. The standard InChI is InChI=1S/C21H20ClN7/c1-13(17-11-23-19-9-5-3-7-15(17)19)26-28-21(25-22)29-27-14(2)18-12-24-20-10-6-4-8-16(18)20/h3-12,23-24H,1-2H3,(H2,25,28,29)/b26-13+,27-14+. The van der Waals surface area contributed by atoms with Crippen molar-refractivity contribution in [2.24, 2.45) is 14.7 Å². The van der Waals surface area contributed by atoms with Crippen LogP contribution in [0.15, 0.2) is 75.6 Å². The van der Waals surface area contributed by atoms with Gasteiger partial charge in [-0.05, 0) is 26.0 Å². The lowest BCUT2D eigenvalue weighted by Gasteiger charge is -2.06. The minimum Gasteiger partial charge on any atom is -0.360 e. The fourth-order valence-electron chi connectivity index (χ4n) is 3.20. The molecule has 0 spiro atoms. The Bertz CT molecular complexity index is 1150. The van der Waals surface area contributed by atoms with E-state index in [9.17, 15) is 0 Å². The van der Waals surface area contributed by atoms with Crippen molar-refractivity contribution in [2.75, 3.05) is 0 Å². The zero-order chi connectivity index (χ0) is 20.2. The van der Waals surface area contributed by atoms with Crippen LogP contribution in [0.5, 0.6) is 0 Å². The van der Waals surface area contributed by atoms with Crippen LogP contribution in [0.25, 0.3) is 21.8 Å². The number of nitrogens with zero attached hydrogens (tertiary/aromatic N) is 3. The molecule has 7 nitrogen and oxygen atoms in total. The number of aromatic nitrogens is 2. The smallest absolute Gasteiger partial charge is 0.250 e. The molecule has 0 fully saturated rings. The lowest BCUT2D eigenvalue weighted by Crippen LogP contribution is -2.31. The molecular weight excluding hydrogens is 386 g/mol. The quantitative estimate of drug-likeness (QED) is 0.229. The first kappa shape index (κ1) is 18.8. The molecule has 4 aromatic rings. The number of hydrazone groups is 2. The minimum atomic E-state index is 0.227.